The molecule has 6 nitrogen and oxygen atoms in total. The molecule has 1 atom stereocenters. The fourth-order valence-electron chi connectivity index (χ4n) is 2.52. The Labute approximate surface area is 137 Å². The van der Waals surface area contributed by atoms with Crippen LogP contribution >= 0.6 is 0 Å². The Morgan fingerprint density at radius 3 is 2.25 bits per heavy atom. The summed E-state index contributed by atoms with van der Waals surface area (Å²) in [5.41, 5.74) is 0.892. The Hall–Kier alpha value is -3.28. The van der Waals surface area contributed by atoms with Crippen molar-refractivity contribution >= 4 is 24.1 Å². The second-order valence-corrected chi connectivity index (χ2v) is 5.31. The van der Waals surface area contributed by atoms with Crippen LogP contribution in [0.4, 0.5) is 0 Å². The molecule has 0 N–H and O–H groups in total. The van der Waals surface area contributed by atoms with Crippen molar-refractivity contribution in [1.29, 1.82) is 0 Å². The lowest BCUT2D eigenvalue weighted by Crippen LogP contribution is -2.44. The highest BCUT2D eigenvalue weighted by Gasteiger charge is 2.41. The number of hydrogen-bond acceptors (Lipinski definition) is 5. The lowest BCUT2D eigenvalue weighted by Gasteiger charge is -2.20. The third-order valence-corrected chi connectivity index (χ3v) is 3.77. The Morgan fingerprint density at radius 1 is 1.04 bits per heavy atom. The van der Waals surface area contributed by atoms with Gasteiger partial charge in [-0.15, -0.1) is 0 Å². The van der Waals surface area contributed by atoms with Gasteiger partial charge in [-0.05, 0) is 31.2 Å². The minimum Gasteiger partial charge on any atom is -0.425 e. The van der Waals surface area contributed by atoms with Crippen molar-refractivity contribution in [2.75, 3.05) is 0 Å². The fourth-order valence-corrected chi connectivity index (χ4v) is 2.52. The summed E-state index contributed by atoms with van der Waals surface area (Å²) in [5, 5.41) is 0. The van der Waals surface area contributed by atoms with Crippen molar-refractivity contribution < 1.29 is 23.9 Å². The van der Waals surface area contributed by atoms with Crippen molar-refractivity contribution in [3.05, 3.63) is 65.2 Å². The van der Waals surface area contributed by atoms with Crippen LogP contribution < -0.4 is 4.74 Å². The van der Waals surface area contributed by atoms with Gasteiger partial charge in [0.2, 0.25) is 0 Å². The highest BCUT2D eigenvalue weighted by Crippen LogP contribution is 2.25. The van der Waals surface area contributed by atoms with E-state index in [0.29, 0.717) is 11.8 Å². The number of esters is 1. The van der Waals surface area contributed by atoms with Crippen LogP contribution in [0.25, 0.3) is 0 Å². The zero-order valence-electron chi connectivity index (χ0n) is 12.8. The minimum absolute atomic E-state index is 0.174. The van der Waals surface area contributed by atoms with Gasteiger partial charge in [0.15, 0.2) is 0 Å². The first-order valence-corrected chi connectivity index (χ1v) is 7.27. The molecule has 1 unspecified atom stereocenters. The lowest BCUT2D eigenvalue weighted by atomic mass is 10.1. The maximum Gasteiger partial charge on any atom is 0.334 e. The van der Waals surface area contributed by atoms with E-state index >= 15 is 0 Å². The number of carbonyl (C=O) groups is 4. The van der Waals surface area contributed by atoms with Gasteiger partial charge in [0.25, 0.3) is 11.8 Å². The van der Waals surface area contributed by atoms with Gasteiger partial charge in [0.05, 0.1) is 11.1 Å². The zero-order valence-corrected chi connectivity index (χ0v) is 12.8. The number of amides is 2. The molecule has 0 bridgehead atoms. The van der Waals surface area contributed by atoms with E-state index in [0.717, 1.165) is 4.90 Å². The molecule has 0 saturated heterocycles. The monoisotopic (exact) mass is 323 g/mol. The molecular weight excluding hydrogens is 310 g/mol. The second kappa shape index (κ2) is 6.08. The smallest absolute Gasteiger partial charge is 0.334 e. The van der Waals surface area contributed by atoms with Crippen LogP contribution in [0.2, 0.25) is 0 Å². The maximum absolute atomic E-state index is 12.4. The van der Waals surface area contributed by atoms with E-state index in [4.69, 9.17) is 4.74 Å². The molecule has 2 aromatic carbocycles. The Morgan fingerprint density at radius 2 is 1.67 bits per heavy atom. The molecule has 24 heavy (non-hydrogen) atoms. The van der Waals surface area contributed by atoms with Crippen molar-refractivity contribution in [2.24, 2.45) is 0 Å². The summed E-state index contributed by atoms with van der Waals surface area (Å²) in [4.78, 5) is 48.6. The third-order valence-electron chi connectivity index (χ3n) is 3.77. The molecule has 0 spiro atoms. The van der Waals surface area contributed by atoms with E-state index in [-0.39, 0.29) is 16.9 Å². The van der Waals surface area contributed by atoms with E-state index in [1.807, 2.05) is 0 Å². The summed E-state index contributed by atoms with van der Waals surface area (Å²) in [7, 11) is 0. The van der Waals surface area contributed by atoms with Crippen LogP contribution in [-0.4, -0.2) is 35.0 Å². The van der Waals surface area contributed by atoms with Gasteiger partial charge >= 0.3 is 5.97 Å². The van der Waals surface area contributed by atoms with Crippen LogP contribution in [-0.2, 0) is 4.79 Å². The van der Waals surface area contributed by atoms with Crippen LogP contribution in [0.1, 0.15) is 38.0 Å². The van der Waals surface area contributed by atoms with E-state index in [1.54, 1.807) is 36.4 Å². The number of nitrogens with zero attached hydrogens (tertiary/aromatic N) is 1. The quantitative estimate of drug-likeness (QED) is 0.372. The average molecular weight is 323 g/mol. The number of benzene rings is 2. The molecule has 0 aliphatic carbocycles. The second-order valence-electron chi connectivity index (χ2n) is 5.31. The number of rotatable bonds is 4. The van der Waals surface area contributed by atoms with Crippen LogP contribution in [0.3, 0.4) is 0 Å². The van der Waals surface area contributed by atoms with E-state index in [1.165, 1.54) is 19.1 Å². The van der Waals surface area contributed by atoms with Crippen LogP contribution in [0, 0.1) is 0 Å². The highest BCUT2D eigenvalue weighted by molar-refractivity contribution is 6.22. The summed E-state index contributed by atoms with van der Waals surface area (Å²) >= 11 is 0. The van der Waals surface area contributed by atoms with Gasteiger partial charge in [-0.3, -0.25) is 19.3 Å². The van der Waals surface area contributed by atoms with Crippen molar-refractivity contribution in [1.82, 2.24) is 4.90 Å². The van der Waals surface area contributed by atoms with Gasteiger partial charge in [-0.25, -0.2) is 4.79 Å². The molecular formula is C18H13NO5. The first-order chi connectivity index (χ1) is 11.5. The number of hydrogen-bond donors (Lipinski definition) is 0. The average Bonchev–Trinajstić information content (AvgIpc) is 2.86. The SMILES string of the molecule is CC(C(=O)Oc1cccc(C=O)c1)N1C(=O)c2ccccc2C1=O. The summed E-state index contributed by atoms with van der Waals surface area (Å²) < 4.78 is 5.18. The van der Waals surface area contributed by atoms with Gasteiger partial charge in [0, 0.05) is 5.56 Å². The van der Waals surface area contributed by atoms with Gasteiger partial charge in [0.1, 0.15) is 18.1 Å². The first-order valence-electron chi connectivity index (χ1n) is 7.27. The minimum atomic E-state index is -1.09. The highest BCUT2D eigenvalue weighted by atomic mass is 16.5. The summed E-state index contributed by atoms with van der Waals surface area (Å²) in [6, 6.07) is 11.4. The number of fused-ring (bicyclic) bond motifs is 1. The molecule has 1 aliphatic rings. The molecule has 6 heteroatoms. The molecule has 2 aromatic rings. The molecule has 0 fully saturated rings. The Kier molecular flexibility index (Phi) is 3.95. The summed E-state index contributed by atoms with van der Waals surface area (Å²) in [5.74, 6) is -1.64. The molecule has 3 rings (SSSR count). The van der Waals surface area contributed by atoms with Gasteiger partial charge < -0.3 is 4.74 Å². The predicted molar refractivity (Wildman–Crippen MR) is 83.9 cm³/mol. The van der Waals surface area contributed by atoms with Crippen molar-refractivity contribution in [3.63, 3.8) is 0 Å². The third kappa shape index (κ3) is 2.58. The molecule has 0 saturated carbocycles. The number of ether oxygens (including phenoxy) is 1. The standard InChI is InChI=1S/C18H13NO5/c1-11(18(23)24-13-6-4-5-12(9-13)10-20)19-16(21)14-7-2-3-8-15(14)17(19)22/h2-11H,1H3. The maximum atomic E-state index is 12.4. The molecule has 0 aromatic heterocycles. The van der Waals surface area contributed by atoms with Crippen molar-refractivity contribution in [3.8, 4) is 5.75 Å². The summed E-state index contributed by atoms with van der Waals surface area (Å²) in [6.07, 6.45) is 0.630. The van der Waals surface area contributed by atoms with E-state index in [9.17, 15) is 19.2 Å². The Bertz CT molecular complexity index is 823. The predicted octanol–water partition coefficient (Wildman–Crippen LogP) is 2.09. The van der Waals surface area contributed by atoms with E-state index < -0.39 is 23.8 Å². The summed E-state index contributed by atoms with van der Waals surface area (Å²) in [6.45, 7) is 1.42. The number of carbonyl (C=O) groups excluding carboxylic acids is 4. The largest absolute Gasteiger partial charge is 0.425 e. The molecule has 1 heterocycles. The Balaban J connectivity index is 1.80. The molecule has 2 amide bonds. The molecule has 0 radical (unpaired) electrons. The number of imide groups is 1. The van der Waals surface area contributed by atoms with Gasteiger partial charge in [-0.1, -0.05) is 24.3 Å². The first kappa shape index (κ1) is 15.6. The normalized spacial score (nSPS) is 14.3. The fraction of sp³-hybridized carbons (Fsp3) is 0.111. The van der Waals surface area contributed by atoms with Crippen molar-refractivity contribution in [2.45, 2.75) is 13.0 Å². The van der Waals surface area contributed by atoms with Crippen LogP contribution in [0.15, 0.2) is 48.5 Å². The van der Waals surface area contributed by atoms with Gasteiger partial charge in [-0.2, -0.15) is 0 Å². The molecule has 1 aliphatic heterocycles. The van der Waals surface area contributed by atoms with Crippen LogP contribution in [0.5, 0.6) is 5.75 Å². The molecule has 120 valence electrons. The zero-order chi connectivity index (χ0) is 17.3. The van der Waals surface area contributed by atoms with E-state index in [2.05, 4.69) is 0 Å². The topological polar surface area (TPSA) is 80.8 Å². The lowest BCUT2D eigenvalue weighted by molar-refractivity contribution is -0.138. The number of aldehydes is 1.